The molecule has 1 aromatic rings. The van der Waals surface area contributed by atoms with E-state index in [1.807, 2.05) is 0 Å². The second-order valence-electron chi connectivity index (χ2n) is 4.44. The van der Waals surface area contributed by atoms with Gasteiger partial charge >= 0.3 is 0 Å². The molecule has 1 aliphatic rings. The molecule has 15 heavy (non-hydrogen) atoms. The van der Waals surface area contributed by atoms with Gasteiger partial charge in [0.2, 0.25) is 0 Å². The Labute approximate surface area is 89.5 Å². The van der Waals surface area contributed by atoms with Crippen LogP contribution in [0.4, 0.5) is 0 Å². The summed E-state index contributed by atoms with van der Waals surface area (Å²) in [5.74, 6) is 1.32. The summed E-state index contributed by atoms with van der Waals surface area (Å²) in [6.45, 7) is 0. The van der Waals surface area contributed by atoms with Gasteiger partial charge in [0.15, 0.2) is 5.82 Å². The number of aliphatic hydroxyl groups excluding tert-OH is 1. The maximum absolute atomic E-state index is 9.68. The third-order valence-electron chi connectivity index (χ3n) is 3.03. The molecule has 1 fully saturated rings. The first kappa shape index (κ1) is 10.5. The molecule has 5 nitrogen and oxygen atoms in total. The first-order chi connectivity index (χ1) is 7.24. The molecule has 84 valence electrons. The largest absolute Gasteiger partial charge is 0.393 e. The molecule has 0 spiro atoms. The number of aliphatic hydroxyl groups is 1. The highest BCUT2D eigenvalue weighted by Crippen LogP contribution is 2.25. The molecule has 5 heteroatoms. The summed E-state index contributed by atoms with van der Waals surface area (Å²) in [5, 5.41) is 21.7. The van der Waals surface area contributed by atoms with E-state index in [0.717, 1.165) is 31.5 Å². The zero-order valence-corrected chi connectivity index (χ0v) is 9.13. The molecule has 0 aromatic carbocycles. The van der Waals surface area contributed by atoms with E-state index in [1.165, 1.54) is 17.6 Å². The molecular weight excluding hydrogens is 192 g/mol. The van der Waals surface area contributed by atoms with Gasteiger partial charge in [-0.25, -0.2) is 0 Å². The SMILES string of the molecule is Cn1nnc(CC2CCCCC(O)C2)n1. The maximum Gasteiger partial charge on any atom is 0.175 e. The van der Waals surface area contributed by atoms with Gasteiger partial charge in [-0.1, -0.05) is 12.8 Å². The summed E-state index contributed by atoms with van der Waals surface area (Å²) in [6, 6.07) is 0. The molecule has 1 N–H and O–H groups in total. The molecule has 2 atom stereocenters. The summed E-state index contributed by atoms with van der Waals surface area (Å²) < 4.78 is 0. The van der Waals surface area contributed by atoms with Gasteiger partial charge < -0.3 is 5.11 Å². The van der Waals surface area contributed by atoms with Crippen LogP contribution in [-0.4, -0.2) is 31.4 Å². The molecule has 0 radical (unpaired) electrons. The Morgan fingerprint density at radius 3 is 2.93 bits per heavy atom. The molecular formula is C10H18N4O. The molecule has 0 bridgehead atoms. The van der Waals surface area contributed by atoms with Crippen LogP contribution in [0.15, 0.2) is 0 Å². The van der Waals surface area contributed by atoms with E-state index in [2.05, 4.69) is 15.4 Å². The standard InChI is InChI=1S/C10H18N4O/c1-14-12-10(11-13-14)7-8-4-2-3-5-9(15)6-8/h8-9,15H,2-7H2,1H3. The molecule has 0 amide bonds. The van der Waals surface area contributed by atoms with E-state index < -0.39 is 0 Å². The van der Waals surface area contributed by atoms with Crippen molar-refractivity contribution in [2.45, 2.75) is 44.6 Å². The monoisotopic (exact) mass is 210 g/mol. The fourth-order valence-corrected chi connectivity index (χ4v) is 2.28. The number of rotatable bonds is 2. The molecule has 1 aliphatic carbocycles. The minimum Gasteiger partial charge on any atom is -0.393 e. The summed E-state index contributed by atoms with van der Waals surface area (Å²) in [4.78, 5) is 1.49. The maximum atomic E-state index is 9.68. The van der Waals surface area contributed by atoms with E-state index in [4.69, 9.17) is 0 Å². The number of nitrogens with zero attached hydrogens (tertiary/aromatic N) is 4. The Hall–Kier alpha value is -0.970. The van der Waals surface area contributed by atoms with Crippen LogP contribution in [0.1, 0.15) is 37.9 Å². The zero-order valence-electron chi connectivity index (χ0n) is 9.13. The summed E-state index contributed by atoms with van der Waals surface area (Å²) >= 11 is 0. The molecule has 1 aromatic heterocycles. The molecule has 1 saturated carbocycles. The van der Waals surface area contributed by atoms with Gasteiger partial charge in [0.05, 0.1) is 13.2 Å². The fourth-order valence-electron chi connectivity index (χ4n) is 2.28. The van der Waals surface area contributed by atoms with Crippen LogP contribution < -0.4 is 0 Å². The van der Waals surface area contributed by atoms with Gasteiger partial charge in [0, 0.05) is 6.42 Å². The predicted molar refractivity (Wildman–Crippen MR) is 55.1 cm³/mol. The third kappa shape index (κ3) is 2.99. The van der Waals surface area contributed by atoms with Crippen molar-refractivity contribution in [3.63, 3.8) is 0 Å². The quantitative estimate of drug-likeness (QED) is 0.730. The molecule has 2 unspecified atom stereocenters. The minimum atomic E-state index is -0.130. The van der Waals surface area contributed by atoms with E-state index >= 15 is 0 Å². The average molecular weight is 210 g/mol. The van der Waals surface area contributed by atoms with Crippen molar-refractivity contribution in [3.8, 4) is 0 Å². The van der Waals surface area contributed by atoms with E-state index in [-0.39, 0.29) is 6.10 Å². The summed E-state index contributed by atoms with van der Waals surface area (Å²) in [6.07, 6.45) is 6.09. The van der Waals surface area contributed by atoms with Crippen molar-refractivity contribution in [1.82, 2.24) is 20.2 Å². The van der Waals surface area contributed by atoms with Gasteiger partial charge in [0.1, 0.15) is 0 Å². The Balaban J connectivity index is 1.92. The first-order valence-corrected chi connectivity index (χ1v) is 5.65. The topological polar surface area (TPSA) is 63.8 Å². The Morgan fingerprint density at radius 2 is 2.20 bits per heavy atom. The Bertz CT molecular complexity index is 312. The van der Waals surface area contributed by atoms with Crippen molar-refractivity contribution in [3.05, 3.63) is 5.82 Å². The van der Waals surface area contributed by atoms with Crippen LogP contribution in [0, 0.1) is 5.92 Å². The first-order valence-electron chi connectivity index (χ1n) is 5.65. The van der Waals surface area contributed by atoms with Crippen LogP contribution in [0.25, 0.3) is 0 Å². The van der Waals surface area contributed by atoms with E-state index in [0.29, 0.717) is 5.92 Å². The Kier molecular flexibility index (Phi) is 3.30. The van der Waals surface area contributed by atoms with Crippen LogP contribution in [0.5, 0.6) is 0 Å². The van der Waals surface area contributed by atoms with Crippen LogP contribution >= 0.6 is 0 Å². The average Bonchev–Trinajstić information content (AvgIpc) is 2.46. The number of tetrazole rings is 1. The third-order valence-corrected chi connectivity index (χ3v) is 3.03. The molecule has 0 aliphatic heterocycles. The minimum absolute atomic E-state index is 0.130. The number of aryl methyl sites for hydroxylation is 1. The number of aromatic nitrogens is 4. The van der Waals surface area contributed by atoms with Gasteiger partial charge in [-0.05, 0) is 30.4 Å². The zero-order chi connectivity index (χ0) is 10.7. The fraction of sp³-hybridized carbons (Fsp3) is 0.900. The van der Waals surface area contributed by atoms with Gasteiger partial charge in [-0.15, -0.1) is 10.2 Å². The van der Waals surface area contributed by atoms with Crippen molar-refractivity contribution in [2.75, 3.05) is 0 Å². The highest BCUT2D eigenvalue weighted by atomic mass is 16.3. The second kappa shape index (κ2) is 4.70. The van der Waals surface area contributed by atoms with Gasteiger partial charge in [0.25, 0.3) is 0 Å². The van der Waals surface area contributed by atoms with Crippen LogP contribution in [0.2, 0.25) is 0 Å². The van der Waals surface area contributed by atoms with E-state index in [9.17, 15) is 5.11 Å². The molecule has 1 heterocycles. The lowest BCUT2D eigenvalue weighted by Gasteiger charge is -2.13. The van der Waals surface area contributed by atoms with Gasteiger partial charge in [-0.3, -0.25) is 0 Å². The number of hydrogen-bond donors (Lipinski definition) is 1. The van der Waals surface area contributed by atoms with E-state index in [1.54, 1.807) is 7.05 Å². The molecule has 2 rings (SSSR count). The Morgan fingerprint density at radius 1 is 1.40 bits per heavy atom. The van der Waals surface area contributed by atoms with Crippen LogP contribution in [-0.2, 0) is 13.5 Å². The summed E-state index contributed by atoms with van der Waals surface area (Å²) in [5.41, 5.74) is 0. The van der Waals surface area contributed by atoms with Crippen LogP contribution in [0.3, 0.4) is 0 Å². The van der Waals surface area contributed by atoms with Gasteiger partial charge in [-0.2, -0.15) is 4.80 Å². The predicted octanol–water partition coefficient (Wildman–Crippen LogP) is 0.694. The normalized spacial score (nSPS) is 27.6. The molecule has 0 saturated heterocycles. The number of hydrogen-bond acceptors (Lipinski definition) is 4. The van der Waals surface area contributed by atoms with Crippen molar-refractivity contribution in [1.29, 1.82) is 0 Å². The highest BCUT2D eigenvalue weighted by molar-refractivity contribution is 4.83. The lowest BCUT2D eigenvalue weighted by atomic mass is 9.95. The second-order valence-corrected chi connectivity index (χ2v) is 4.44. The van der Waals surface area contributed by atoms with Crippen molar-refractivity contribution < 1.29 is 5.11 Å². The summed E-state index contributed by atoms with van der Waals surface area (Å²) in [7, 11) is 1.78. The van der Waals surface area contributed by atoms with Crippen molar-refractivity contribution >= 4 is 0 Å². The lowest BCUT2D eigenvalue weighted by Crippen LogP contribution is -2.13. The van der Waals surface area contributed by atoms with Crippen molar-refractivity contribution in [2.24, 2.45) is 13.0 Å². The lowest BCUT2D eigenvalue weighted by molar-refractivity contribution is 0.141. The highest BCUT2D eigenvalue weighted by Gasteiger charge is 2.20. The smallest absolute Gasteiger partial charge is 0.175 e.